The Morgan fingerprint density at radius 2 is 1.94 bits per heavy atom. The molecular weight excluding hydrogens is 228 g/mol. The van der Waals surface area contributed by atoms with E-state index in [9.17, 15) is 0 Å². The Bertz CT molecular complexity index is 347. The zero-order valence-electron chi connectivity index (χ0n) is 11.3. The standard InChI is InChI=1S/C14H22N2O2/c1-15-11-14(16-7-9-18-10-8-16)12-3-5-13(17-2)6-4-12/h3-6,14-15H,7-11H2,1-2H3/p+2/t14-/m0/s1. The van der Waals surface area contributed by atoms with Gasteiger partial charge >= 0.3 is 0 Å². The van der Waals surface area contributed by atoms with Crippen molar-refractivity contribution in [3.63, 3.8) is 0 Å². The van der Waals surface area contributed by atoms with Gasteiger partial charge in [-0.25, -0.2) is 0 Å². The van der Waals surface area contributed by atoms with Crippen molar-refractivity contribution in [1.29, 1.82) is 0 Å². The van der Waals surface area contributed by atoms with Crippen molar-refractivity contribution in [2.45, 2.75) is 6.04 Å². The first-order chi connectivity index (χ1) is 8.85. The molecule has 1 aromatic rings. The Morgan fingerprint density at radius 1 is 1.28 bits per heavy atom. The van der Waals surface area contributed by atoms with Crippen LogP contribution in [0.3, 0.4) is 0 Å². The first kappa shape index (κ1) is 13.3. The van der Waals surface area contributed by atoms with Crippen LogP contribution in [0.4, 0.5) is 0 Å². The molecule has 0 amide bonds. The lowest BCUT2D eigenvalue weighted by molar-refractivity contribution is -0.950. The molecule has 1 saturated heterocycles. The Balaban J connectivity index is 2.11. The molecule has 18 heavy (non-hydrogen) atoms. The van der Waals surface area contributed by atoms with E-state index in [1.54, 1.807) is 12.0 Å². The van der Waals surface area contributed by atoms with Crippen LogP contribution in [0.25, 0.3) is 0 Å². The van der Waals surface area contributed by atoms with Gasteiger partial charge in [-0.3, -0.25) is 0 Å². The second-order valence-electron chi connectivity index (χ2n) is 4.74. The molecule has 4 nitrogen and oxygen atoms in total. The highest BCUT2D eigenvalue weighted by Crippen LogP contribution is 2.15. The summed E-state index contributed by atoms with van der Waals surface area (Å²) in [5.41, 5.74) is 1.39. The summed E-state index contributed by atoms with van der Waals surface area (Å²) in [6, 6.07) is 9.03. The van der Waals surface area contributed by atoms with E-state index in [4.69, 9.17) is 9.47 Å². The van der Waals surface area contributed by atoms with Crippen molar-refractivity contribution in [2.24, 2.45) is 0 Å². The lowest BCUT2D eigenvalue weighted by Gasteiger charge is -2.30. The van der Waals surface area contributed by atoms with Crippen molar-refractivity contribution < 1.29 is 19.7 Å². The highest BCUT2D eigenvalue weighted by atomic mass is 16.5. The maximum atomic E-state index is 5.45. The zero-order chi connectivity index (χ0) is 12.8. The summed E-state index contributed by atoms with van der Waals surface area (Å²) in [6.45, 7) is 5.08. The van der Waals surface area contributed by atoms with Crippen LogP contribution in [-0.4, -0.2) is 47.0 Å². The summed E-state index contributed by atoms with van der Waals surface area (Å²) >= 11 is 0. The molecule has 1 atom stereocenters. The third-order valence-electron chi connectivity index (χ3n) is 3.62. The highest BCUT2D eigenvalue weighted by molar-refractivity contribution is 5.28. The first-order valence-corrected chi connectivity index (χ1v) is 6.69. The van der Waals surface area contributed by atoms with Crippen molar-refractivity contribution in [3.8, 4) is 5.75 Å². The van der Waals surface area contributed by atoms with E-state index in [0.717, 1.165) is 38.6 Å². The van der Waals surface area contributed by atoms with Crippen LogP contribution in [0.2, 0.25) is 0 Å². The molecule has 0 aromatic heterocycles. The number of nitrogens with two attached hydrogens (primary N) is 1. The van der Waals surface area contributed by atoms with Crippen LogP contribution >= 0.6 is 0 Å². The molecule has 1 heterocycles. The van der Waals surface area contributed by atoms with Crippen LogP contribution in [0.5, 0.6) is 5.75 Å². The van der Waals surface area contributed by atoms with E-state index in [-0.39, 0.29) is 0 Å². The average Bonchev–Trinajstić information content (AvgIpc) is 2.46. The number of rotatable bonds is 5. The summed E-state index contributed by atoms with van der Waals surface area (Å²) in [6.07, 6.45) is 0. The Labute approximate surface area is 109 Å². The molecule has 1 aliphatic heterocycles. The van der Waals surface area contributed by atoms with Crippen LogP contribution in [0, 0.1) is 0 Å². The molecule has 0 saturated carbocycles. The summed E-state index contributed by atoms with van der Waals surface area (Å²) in [7, 11) is 3.84. The number of methoxy groups -OCH3 is 1. The first-order valence-electron chi connectivity index (χ1n) is 6.69. The fourth-order valence-corrected chi connectivity index (χ4v) is 2.59. The molecule has 0 bridgehead atoms. The van der Waals surface area contributed by atoms with Crippen molar-refractivity contribution >= 4 is 0 Å². The van der Waals surface area contributed by atoms with Gasteiger partial charge in [-0.1, -0.05) is 0 Å². The van der Waals surface area contributed by atoms with Gasteiger partial charge in [0.1, 0.15) is 25.4 Å². The van der Waals surface area contributed by atoms with Gasteiger partial charge in [-0.15, -0.1) is 0 Å². The zero-order valence-corrected chi connectivity index (χ0v) is 11.3. The lowest BCUT2D eigenvalue weighted by atomic mass is 10.0. The van der Waals surface area contributed by atoms with Gasteiger partial charge in [-0.2, -0.15) is 0 Å². The third kappa shape index (κ3) is 3.22. The van der Waals surface area contributed by atoms with Gasteiger partial charge in [0, 0.05) is 5.56 Å². The molecule has 100 valence electrons. The van der Waals surface area contributed by atoms with Gasteiger partial charge in [0.15, 0.2) is 6.04 Å². The molecule has 4 heteroatoms. The van der Waals surface area contributed by atoms with Crippen molar-refractivity contribution in [2.75, 3.05) is 47.0 Å². The molecule has 0 unspecified atom stereocenters. The van der Waals surface area contributed by atoms with Crippen LogP contribution in [-0.2, 0) is 4.74 Å². The van der Waals surface area contributed by atoms with Gasteiger partial charge < -0.3 is 19.7 Å². The third-order valence-corrected chi connectivity index (χ3v) is 3.62. The van der Waals surface area contributed by atoms with E-state index >= 15 is 0 Å². The van der Waals surface area contributed by atoms with Crippen LogP contribution in [0.15, 0.2) is 24.3 Å². The molecule has 3 N–H and O–H groups in total. The Hall–Kier alpha value is -1.10. The van der Waals surface area contributed by atoms with Crippen LogP contribution in [0.1, 0.15) is 11.6 Å². The topological polar surface area (TPSA) is 39.5 Å². The van der Waals surface area contributed by atoms with Gasteiger partial charge in [0.2, 0.25) is 0 Å². The number of nitrogens with one attached hydrogen (secondary N) is 1. The number of benzene rings is 1. The van der Waals surface area contributed by atoms with E-state index in [1.165, 1.54) is 5.56 Å². The smallest absolute Gasteiger partial charge is 0.163 e. The number of hydrogen-bond acceptors (Lipinski definition) is 2. The summed E-state index contributed by atoms with van der Waals surface area (Å²) < 4.78 is 10.7. The highest BCUT2D eigenvalue weighted by Gasteiger charge is 2.27. The number of ether oxygens (including phenoxy) is 2. The second-order valence-corrected chi connectivity index (χ2v) is 4.74. The Kier molecular flexibility index (Phi) is 4.99. The molecule has 0 aliphatic carbocycles. The minimum atomic E-state index is 0.546. The SMILES string of the molecule is C[NH2+]C[C@@H](c1ccc(OC)cc1)[NH+]1CCOCC1. The second kappa shape index (κ2) is 6.73. The summed E-state index contributed by atoms with van der Waals surface area (Å²) in [5.74, 6) is 0.926. The molecule has 1 aromatic carbocycles. The normalized spacial score (nSPS) is 18.6. The fourth-order valence-electron chi connectivity index (χ4n) is 2.59. The lowest BCUT2D eigenvalue weighted by Crippen LogP contribution is -3.16. The number of likely N-dealkylation sites (N-methyl/N-ethyl adjacent to an activating group) is 1. The maximum Gasteiger partial charge on any atom is 0.163 e. The predicted molar refractivity (Wildman–Crippen MR) is 70.0 cm³/mol. The molecule has 0 radical (unpaired) electrons. The van der Waals surface area contributed by atoms with Crippen molar-refractivity contribution in [3.05, 3.63) is 29.8 Å². The molecule has 1 aliphatic rings. The molecule has 0 spiro atoms. The molecule has 1 fully saturated rings. The maximum absolute atomic E-state index is 5.45. The van der Waals surface area contributed by atoms with E-state index < -0.39 is 0 Å². The largest absolute Gasteiger partial charge is 0.497 e. The Morgan fingerprint density at radius 3 is 2.50 bits per heavy atom. The van der Waals surface area contributed by atoms with E-state index in [1.807, 2.05) is 0 Å². The minimum Gasteiger partial charge on any atom is -0.497 e. The average molecular weight is 252 g/mol. The van der Waals surface area contributed by atoms with E-state index in [2.05, 4.69) is 36.6 Å². The van der Waals surface area contributed by atoms with Gasteiger partial charge in [0.05, 0.1) is 27.4 Å². The van der Waals surface area contributed by atoms with Gasteiger partial charge in [0.25, 0.3) is 0 Å². The number of morpholine rings is 1. The van der Waals surface area contributed by atoms with Crippen LogP contribution < -0.4 is 15.0 Å². The quantitative estimate of drug-likeness (QED) is 0.694. The monoisotopic (exact) mass is 252 g/mol. The van der Waals surface area contributed by atoms with Gasteiger partial charge in [-0.05, 0) is 24.3 Å². The van der Waals surface area contributed by atoms with Crippen molar-refractivity contribution in [1.82, 2.24) is 0 Å². The summed E-state index contributed by atoms with van der Waals surface area (Å²) in [5, 5.41) is 2.26. The molecule has 2 rings (SSSR count). The predicted octanol–water partition coefficient (Wildman–Crippen LogP) is -1.16. The number of hydrogen-bond donors (Lipinski definition) is 2. The fraction of sp³-hybridized carbons (Fsp3) is 0.571. The minimum absolute atomic E-state index is 0.546. The number of quaternary nitrogens is 2. The van der Waals surface area contributed by atoms with E-state index in [0.29, 0.717) is 6.04 Å². The molecular formula is C14H24N2O2+2. The summed E-state index contributed by atoms with van der Waals surface area (Å²) in [4.78, 5) is 1.63.